The Labute approximate surface area is 157 Å². The van der Waals surface area contributed by atoms with E-state index >= 15 is 0 Å². The summed E-state index contributed by atoms with van der Waals surface area (Å²) in [5.74, 6) is 1.36. The average molecular weight is 371 g/mol. The summed E-state index contributed by atoms with van der Waals surface area (Å²) in [6, 6.07) is 9.75. The number of aromatic amines is 2. The van der Waals surface area contributed by atoms with E-state index < -0.39 is 11.2 Å². The van der Waals surface area contributed by atoms with E-state index in [4.69, 9.17) is 4.74 Å². The summed E-state index contributed by atoms with van der Waals surface area (Å²) in [4.78, 5) is 42.2. The van der Waals surface area contributed by atoms with Gasteiger partial charge in [0, 0.05) is 30.8 Å². The molecular formula is C20H25N3O4. The quantitative estimate of drug-likeness (QED) is 0.807. The number of carbonyl (C=O) groups is 1. The Morgan fingerprint density at radius 3 is 2.52 bits per heavy atom. The number of nitrogens with zero attached hydrogens (tertiary/aromatic N) is 1. The Morgan fingerprint density at radius 2 is 1.85 bits per heavy atom. The molecule has 0 spiro atoms. The summed E-state index contributed by atoms with van der Waals surface area (Å²) in [7, 11) is 0. The van der Waals surface area contributed by atoms with E-state index in [-0.39, 0.29) is 12.3 Å². The number of carbonyl (C=O) groups excluding carboxylic acids is 1. The minimum absolute atomic E-state index is 0.0439. The second kappa shape index (κ2) is 8.70. The van der Waals surface area contributed by atoms with Gasteiger partial charge in [-0.05, 0) is 44.2 Å². The van der Waals surface area contributed by atoms with Crippen molar-refractivity contribution < 1.29 is 9.53 Å². The molecule has 7 nitrogen and oxygen atoms in total. The van der Waals surface area contributed by atoms with Crippen LogP contribution >= 0.6 is 0 Å². The Morgan fingerprint density at radius 1 is 1.15 bits per heavy atom. The Hall–Kier alpha value is -2.83. The first-order valence-corrected chi connectivity index (χ1v) is 9.30. The van der Waals surface area contributed by atoms with Gasteiger partial charge < -0.3 is 14.6 Å². The molecule has 2 heterocycles. The fourth-order valence-corrected chi connectivity index (χ4v) is 3.40. The number of hydrogen-bond donors (Lipinski definition) is 2. The molecule has 7 heteroatoms. The van der Waals surface area contributed by atoms with Gasteiger partial charge >= 0.3 is 5.69 Å². The normalized spacial score (nSPS) is 14.9. The molecule has 0 unspecified atom stereocenters. The molecule has 1 aliphatic rings. The smallest absolute Gasteiger partial charge is 0.325 e. The molecule has 1 saturated heterocycles. The van der Waals surface area contributed by atoms with Gasteiger partial charge in [0.25, 0.3) is 5.56 Å². The second-order valence-corrected chi connectivity index (χ2v) is 6.96. The first-order valence-electron chi connectivity index (χ1n) is 9.30. The molecule has 1 aliphatic heterocycles. The van der Waals surface area contributed by atoms with Crippen molar-refractivity contribution in [3.05, 3.63) is 62.4 Å². The van der Waals surface area contributed by atoms with Crippen LogP contribution in [0.2, 0.25) is 0 Å². The molecule has 27 heavy (non-hydrogen) atoms. The average Bonchev–Trinajstić information content (AvgIpc) is 2.66. The van der Waals surface area contributed by atoms with Gasteiger partial charge in [-0.1, -0.05) is 18.2 Å². The molecule has 1 amide bonds. The molecule has 3 rings (SSSR count). The number of rotatable bonds is 6. The molecule has 2 N–H and O–H groups in total. The van der Waals surface area contributed by atoms with Crippen molar-refractivity contribution in [2.75, 3.05) is 19.7 Å². The Bertz CT molecular complexity index is 880. The van der Waals surface area contributed by atoms with E-state index in [0.29, 0.717) is 43.3 Å². The molecule has 0 aliphatic carbocycles. The summed E-state index contributed by atoms with van der Waals surface area (Å²) in [5, 5.41) is 0. The number of piperidine rings is 1. The van der Waals surface area contributed by atoms with Gasteiger partial charge in [-0.25, -0.2) is 4.79 Å². The molecule has 0 atom stereocenters. The van der Waals surface area contributed by atoms with Crippen LogP contribution in [0.25, 0.3) is 0 Å². The molecule has 0 saturated carbocycles. The van der Waals surface area contributed by atoms with Gasteiger partial charge in [-0.2, -0.15) is 0 Å². The van der Waals surface area contributed by atoms with Crippen LogP contribution < -0.4 is 16.0 Å². The Kier molecular flexibility index (Phi) is 6.11. The minimum Gasteiger partial charge on any atom is -0.493 e. The molecule has 144 valence electrons. The maximum Gasteiger partial charge on any atom is 0.325 e. The van der Waals surface area contributed by atoms with Crippen molar-refractivity contribution in [1.29, 1.82) is 0 Å². The maximum absolute atomic E-state index is 12.5. The topological polar surface area (TPSA) is 95.3 Å². The van der Waals surface area contributed by atoms with E-state index in [0.717, 1.165) is 18.6 Å². The van der Waals surface area contributed by atoms with E-state index in [2.05, 4.69) is 9.97 Å². The lowest BCUT2D eigenvalue weighted by atomic mass is 9.97. The largest absolute Gasteiger partial charge is 0.493 e. The van der Waals surface area contributed by atoms with Crippen molar-refractivity contribution in [1.82, 2.24) is 14.9 Å². The zero-order chi connectivity index (χ0) is 19.2. The zero-order valence-corrected chi connectivity index (χ0v) is 15.5. The molecule has 1 aromatic carbocycles. The molecule has 2 aromatic rings. The lowest BCUT2D eigenvalue weighted by molar-refractivity contribution is -0.132. The number of H-pyrrole nitrogens is 2. The summed E-state index contributed by atoms with van der Waals surface area (Å²) in [6.45, 7) is 3.76. The molecule has 0 bridgehead atoms. The summed E-state index contributed by atoms with van der Waals surface area (Å²) < 4.78 is 5.81. The minimum atomic E-state index is -0.521. The van der Waals surface area contributed by atoms with Crippen LogP contribution in [0.15, 0.2) is 39.9 Å². The van der Waals surface area contributed by atoms with Crippen LogP contribution in [0.1, 0.15) is 30.5 Å². The third kappa shape index (κ3) is 5.09. The number of amides is 1. The van der Waals surface area contributed by atoms with E-state index in [1.54, 1.807) is 6.92 Å². The third-order valence-corrected chi connectivity index (χ3v) is 5.04. The maximum atomic E-state index is 12.5. The number of para-hydroxylation sites is 1. The van der Waals surface area contributed by atoms with Gasteiger partial charge in [0.05, 0.1) is 6.61 Å². The van der Waals surface area contributed by atoms with Crippen molar-refractivity contribution in [2.24, 2.45) is 5.92 Å². The van der Waals surface area contributed by atoms with Crippen molar-refractivity contribution in [2.45, 2.75) is 32.6 Å². The SMILES string of the molecule is Cc1[nH]c(=O)[nH]c(=O)c1CCC(=O)N1CCC(COc2ccccc2)CC1. The highest BCUT2D eigenvalue weighted by Crippen LogP contribution is 2.20. The van der Waals surface area contributed by atoms with E-state index in [1.165, 1.54) is 0 Å². The predicted molar refractivity (Wildman–Crippen MR) is 102 cm³/mol. The fourth-order valence-electron chi connectivity index (χ4n) is 3.40. The van der Waals surface area contributed by atoms with Crippen LogP contribution in [0.5, 0.6) is 5.75 Å². The number of aromatic nitrogens is 2. The monoisotopic (exact) mass is 371 g/mol. The van der Waals surface area contributed by atoms with Crippen LogP contribution in [0.3, 0.4) is 0 Å². The van der Waals surface area contributed by atoms with Gasteiger partial charge in [-0.15, -0.1) is 0 Å². The first-order chi connectivity index (χ1) is 13.0. The fraction of sp³-hybridized carbons (Fsp3) is 0.450. The number of aryl methyl sites for hydroxylation is 1. The molecular weight excluding hydrogens is 346 g/mol. The van der Waals surface area contributed by atoms with Crippen LogP contribution in [-0.4, -0.2) is 40.5 Å². The van der Waals surface area contributed by atoms with Gasteiger partial charge in [0.1, 0.15) is 5.75 Å². The number of likely N-dealkylation sites (tertiary alicyclic amines) is 1. The Balaban J connectivity index is 1.45. The van der Waals surface area contributed by atoms with Crippen molar-refractivity contribution in [3.8, 4) is 5.75 Å². The van der Waals surface area contributed by atoms with Crippen LogP contribution in [0.4, 0.5) is 0 Å². The number of benzene rings is 1. The highest BCUT2D eigenvalue weighted by Gasteiger charge is 2.23. The zero-order valence-electron chi connectivity index (χ0n) is 15.5. The highest BCUT2D eigenvalue weighted by molar-refractivity contribution is 5.76. The van der Waals surface area contributed by atoms with E-state index in [9.17, 15) is 14.4 Å². The lowest BCUT2D eigenvalue weighted by Gasteiger charge is -2.32. The third-order valence-electron chi connectivity index (χ3n) is 5.04. The summed E-state index contributed by atoms with van der Waals surface area (Å²) in [5.41, 5.74) is 0.0515. The van der Waals surface area contributed by atoms with E-state index in [1.807, 2.05) is 35.2 Å². The summed E-state index contributed by atoms with van der Waals surface area (Å²) >= 11 is 0. The number of ether oxygens (including phenoxy) is 1. The number of nitrogens with one attached hydrogen (secondary N) is 2. The van der Waals surface area contributed by atoms with Crippen LogP contribution in [0, 0.1) is 12.8 Å². The van der Waals surface area contributed by atoms with Crippen LogP contribution in [-0.2, 0) is 11.2 Å². The first kappa shape index (κ1) is 18.9. The van der Waals surface area contributed by atoms with Gasteiger partial charge in [0.2, 0.25) is 5.91 Å². The van der Waals surface area contributed by atoms with Gasteiger partial charge in [-0.3, -0.25) is 14.6 Å². The van der Waals surface area contributed by atoms with Crippen molar-refractivity contribution in [3.63, 3.8) is 0 Å². The lowest BCUT2D eigenvalue weighted by Crippen LogP contribution is -2.40. The molecule has 1 aromatic heterocycles. The standard InChI is InChI=1S/C20H25N3O4/c1-14-17(19(25)22-20(26)21-14)7-8-18(24)23-11-9-15(10-12-23)13-27-16-5-3-2-4-6-16/h2-6,15H,7-13H2,1H3,(H2,21,22,25,26). The molecule has 0 radical (unpaired) electrons. The number of hydrogen-bond acceptors (Lipinski definition) is 4. The second-order valence-electron chi connectivity index (χ2n) is 6.96. The van der Waals surface area contributed by atoms with Gasteiger partial charge in [0.15, 0.2) is 0 Å². The molecule has 1 fully saturated rings. The van der Waals surface area contributed by atoms with Crippen molar-refractivity contribution >= 4 is 5.91 Å². The predicted octanol–water partition coefficient (Wildman–Crippen LogP) is 1.62. The summed E-state index contributed by atoms with van der Waals surface area (Å²) in [6.07, 6.45) is 2.42. The highest BCUT2D eigenvalue weighted by atomic mass is 16.5.